The van der Waals surface area contributed by atoms with Crippen LogP contribution in [0.15, 0.2) is 60.9 Å². The fourth-order valence-corrected chi connectivity index (χ4v) is 4.36. The summed E-state index contributed by atoms with van der Waals surface area (Å²) in [7, 11) is 0. The Hall–Kier alpha value is -3.51. The summed E-state index contributed by atoms with van der Waals surface area (Å²) in [4.78, 5) is 15.4. The molecule has 6 nitrogen and oxygen atoms in total. The second-order valence-corrected chi connectivity index (χ2v) is 8.00. The first-order chi connectivity index (χ1) is 14.8. The lowest BCUT2D eigenvalue weighted by molar-refractivity contribution is 0.331. The van der Waals surface area contributed by atoms with E-state index in [0.717, 1.165) is 45.7 Å². The molecule has 30 heavy (non-hydrogen) atoms. The van der Waals surface area contributed by atoms with E-state index in [-0.39, 0.29) is 0 Å². The van der Waals surface area contributed by atoms with E-state index in [9.17, 15) is 0 Å². The maximum Gasteiger partial charge on any atom is 0.135 e. The van der Waals surface area contributed by atoms with E-state index in [2.05, 4.69) is 49.3 Å². The molecule has 6 heteroatoms. The van der Waals surface area contributed by atoms with Gasteiger partial charge in [-0.3, -0.25) is 15.0 Å². The number of aromatic nitrogens is 5. The predicted molar refractivity (Wildman–Crippen MR) is 119 cm³/mol. The molecule has 5 aromatic rings. The average molecular weight is 394 g/mol. The normalized spacial score (nSPS) is 14.8. The lowest BCUT2D eigenvalue weighted by Crippen LogP contribution is -2.18. The number of hydrogen-bond acceptors (Lipinski definition) is 4. The largest absolute Gasteiger partial charge is 0.353 e. The number of para-hydroxylation sites is 1. The Labute approximate surface area is 174 Å². The van der Waals surface area contributed by atoms with Crippen molar-refractivity contribution in [3.8, 4) is 22.6 Å². The van der Waals surface area contributed by atoms with E-state index in [0.29, 0.717) is 0 Å². The highest BCUT2D eigenvalue weighted by Gasteiger charge is 2.15. The molecule has 1 aliphatic heterocycles. The molecule has 6 rings (SSSR count). The molecule has 1 aliphatic rings. The second-order valence-electron chi connectivity index (χ2n) is 8.00. The van der Waals surface area contributed by atoms with E-state index in [1.807, 2.05) is 36.7 Å². The van der Waals surface area contributed by atoms with E-state index < -0.39 is 0 Å². The highest BCUT2D eigenvalue weighted by Crippen LogP contribution is 2.29. The van der Waals surface area contributed by atoms with Crippen molar-refractivity contribution in [3.05, 3.63) is 66.5 Å². The number of likely N-dealkylation sites (tertiary alicyclic amines) is 1. The molecule has 1 fully saturated rings. The van der Waals surface area contributed by atoms with Gasteiger partial charge >= 0.3 is 0 Å². The summed E-state index contributed by atoms with van der Waals surface area (Å²) >= 11 is 0. The van der Waals surface area contributed by atoms with Crippen molar-refractivity contribution in [2.24, 2.45) is 0 Å². The minimum Gasteiger partial charge on any atom is -0.353 e. The van der Waals surface area contributed by atoms with Gasteiger partial charge in [-0.15, -0.1) is 0 Å². The van der Waals surface area contributed by atoms with Gasteiger partial charge in [-0.2, -0.15) is 5.10 Å². The third kappa shape index (κ3) is 3.06. The van der Waals surface area contributed by atoms with Crippen molar-refractivity contribution in [1.82, 2.24) is 30.0 Å². The number of nitrogens with one attached hydrogen (secondary N) is 2. The highest BCUT2D eigenvalue weighted by atomic mass is 15.1. The maximum atomic E-state index is 4.96. The van der Waals surface area contributed by atoms with Crippen molar-refractivity contribution in [2.45, 2.75) is 19.4 Å². The van der Waals surface area contributed by atoms with Crippen LogP contribution in [0.4, 0.5) is 0 Å². The molecule has 148 valence electrons. The van der Waals surface area contributed by atoms with Crippen LogP contribution in [0.3, 0.4) is 0 Å². The molecule has 0 bridgehead atoms. The van der Waals surface area contributed by atoms with Crippen LogP contribution in [0.1, 0.15) is 18.4 Å². The highest BCUT2D eigenvalue weighted by molar-refractivity contribution is 5.94. The van der Waals surface area contributed by atoms with Crippen LogP contribution in [-0.4, -0.2) is 43.1 Å². The van der Waals surface area contributed by atoms with Gasteiger partial charge in [-0.25, -0.2) is 4.98 Å². The minimum atomic E-state index is 0.837. The summed E-state index contributed by atoms with van der Waals surface area (Å²) in [5, 5.41) is 8.82. The van der Waals surface area contributed by atoms with Crippen LogP contribution >= 0.6 is 0 Å². The van der Waals surface area contributed by atoms with Crippen LogP contribution < -0.4 is 0 Å². The molecule has 0 spiro atoms. The summed E-state index contributed by atoms with van der Waals surface area (Å²) in [5.74, 6) is 0. The number of rotatable bonds is 4. The van der Waals surface area contributed by atoms with Crippen molar-refractivity contribution >= 4 is 21.9 Å². The number of benzene rings is 1. The van der Waals surface area contributed by atoms with Crippen LogP contribution in [-0.2, 0) is 6.54 Å². The number of H-pyrrole nitrogens is 2. The summed E-state index contributed by atoms with van der Waals surface area (Å²) in [5.41, 5.74) is 7.88. The number of nitrogens with zero attached hydrogens (tertiary/aromatic N) is 4. The summed E-state index contributed by atoms with van der Waals surface area (Å²) < 4.78 is 0. The monoisotopic (exact) mass is 394 g/mol. The van der Waals surface area contributed by atoms with Gasteiger partial charge in [0, 0.05) is 35.4 Å². The first-order valence-corrected chi connectivity index (χ1v) is 10.4. The van der Waals surface area contributed by atoms with E-state index in [1.165, 1.54) is 36.9 Å². The van der Waals surface area contributed by atoms with Gasteiger partial charge in [-0.05, 0) is 61.8 Å². The number of aromatic amines is 2. The number of hydrogen-bond donors (Lipinski definition) is 2. The van der Waals surface area contributed by atoms with Crippen LogP contribution in [0.2, 0.25) is 0 Å². The average Bonchev–Trinajstić information content (AvgIpc) is 3.52. The van der Waals surface area contributed by atoms with Gasteiger partial charge in [0.05, 0.1) is 16.9 Å². The molecular weight excluding hydrogens is 372 g/mol. The molecule has 0 aliphatic carbocycles. The Kier molecular flexibility index (Phi) is 4.09. The van der Waals surface area contributed by atoms with Gasteiger partial charge in [0.1, 0.15) is 11.2 Å². The molecule has 0 atom stereocenters. The Balaban J connectivity index is 1.39. The fraction of sp³-hybridized carbons (Fsp3) is 0.208. The first-order valence-electron chi connectivity index (χ1n) is 10.4. The van der Waals surface area contributed by atoms with Crippen LogP contribution in [0.5, 0.6) is 0 Å². The topological polar surface area (TPSA) is 73.5 Å². The zero-order valence-corrected chi connectivity index (χ0v) is 16.6. The van der Waals surface area contributed by atoms with Gasteiger partial charge in [0.15, 0.2) is 0 Å². The second kappa shape index (κ2) is 7.07. The molecule has 0 saturated carbocycles. The number of pyridine rings is 2. The smallest absolute Gasteiger partial charge is 0.135 e. The van der Waals surface area contributed by atoms with E-state index in [4.69, 9.17) is 4.98 Å². The van der Waals surface area contributed by atoms with Crippen LogP contribution in [0, 0.1) is 0 Å². The molecule has 2 N–H and O–H groups in total. The lowest BCUT2D eigenvalue weighted by Gasteiger charge is -2.14. The fourth-order valence-electron chi connectivity index (χ4n) is 4.36. The summed E-state index contributed by atoms with van der Waals surface area (Å²) in [6, 6.07) is 16.7. The van der Waals surface area contributed by atoms with Gasteiger partial charge in [0.2, 0.25) is 0 Å². The van der Waals surface area contributed by atoms with Crippen molar-refractivity contribution in [2.75, 3.05) is 13.1 Å². The van der Waals surface area contributed by atoms with E-state index >= 15 is 0 Å². The quantitative estimate of drug-likeness (QED) is 0.461. The third-order valence-electron chi connectivity index (χ3n) is 5.89. The predicted octanol–water partition coefficient (Wildman–Crippen LogP) is 4.76. The molecule has 4 aromatic heterocycles. The molecule has 5 heterocycles. The molecular formula is C24H22N6. The number of fused-ring (bicyclic) bond motifs is 2. The molecule has 0 radical (unpaired) electrons. The minimum absolute atomic E-state index is 0.837. The van der Waals surface area contributed by atoms with Gasteiger partial charge in [0.25, 0.3) is 0 Å². The molecule has 0 unspecified atom stereocenters. The Bertz CT molecular complexity index is 1310. The summed E-state index contributed by atoms with van der Waals surface area (Å²) in [6.07, 6.45) is 6.45. The van der Waals surface area contributed by atoms with Crippen molar-refractivity contribution in [3.63, 3.8) is 0 Å². The zero-order valence-electron chi connectivity index (χ0n) is 16.6. The first kappa shape index (κ1) is 17.4. The zero-order chi connectivity index (χ0) is 19.9. The maximum absolute atomic E-state index is 4.96. The lowest BCUT2D eigenvalue weighted by atomic mass is 10.1. The Morgan fingerprint density at radius 3 is 2.73 bits per heavy atom. The molecule has 0 amide bonds. The standard InChI is InChI=1S/C24H22N6/c1-2-6-19-17(5-1)12-22(26-19)24-23-21(28-29-24)8-7-20(27-23)18-11-16(13-25-14-18)15-30-9-3-4-10-30/h1-2,5-8,11-14,26H,3-4,9-10,15H2,(H,28,29). The van der Waals surface area contributed by atoms with Gasteiger partial charge in [-0.1, -0.05) is 18.2 Å². The molecule has 1 aromatic carbocycles. The van der Waals surface area contributed by atoms with Gasteiger partial charge < -0.3 is 4.98 Å². The van der Waals surface area contributed by atoms with Crippen LogP contribution in [0.25, 0.3) is 44.6 Å². The third-order valence-corrected chi connectivity index (χ3v) is 5.89. The Morgan fingerprint density at radius 2 is 1.83 bits per heavy atom. The van der Waals surface area contributed by atoms with Crippen molar-refractivity contribution in [1.29, 1.82) is 0 Å². The SMILES string of the molecule is c1ccc2[nH]c(-c3n[nH]c4ccc(-c5cncc(CN6CCCC6)c5)nc34)cc2c1. The molecule has 1 saturated heterocycles. The Morgan fingerprint density at radius 1 is 0.933 bits per heavy atom. The summed E-state index contributed by atoms with van der Waals surface area (Å²) in [6.45, 7) is 3.31. The van der Waals surface area contributed by atoms with E-state index in [1.54, 1.807) is 0 Å². The van der Waals surface area contributed by atoms with Crippen molar-refractivity contribution < 1.29 is 0 Å².